The van der Waals surface area contributed by atoms with E-state index < -0.39 is 0 Å². The maximum atomic E-state index is 13.2. The highest BCUT2D eigenvalue weighted by Crippen LogP contribution is 2.14. The number of halogens is 1. The molecule has 0 fully saturated rings. The Morgan fingerprint density at radius 2 is 2.00 bits per heavy atom. The zero-order valence-corrected chi connectivity index (χ0v) is 8.46. The van der Waals surface area contributed by atoms with Crippen molar-refractivity contribution >= 4 is 5.69 Å². The van der Waals surface area contributed by atoms with E-state index in [1.165, 1.54) is 6.07 Å². The summed E-state index contributed by atoms with van der Waals surface area (Å²) in [5.41, 5.74) is 0.492. The summed E-state index contributed by atoms with van der Waals surface area (Å²) < 4.78 is 18.6. The van der Waals surface area contributed by atoms with Gasteiger partial charge in [0.2, 0.25) is 0 Å². The number of hydrogen-bond donors (Lipinski definition) is 1. The summed E-state index contributed by atoms with van der Waals surface area (Å²) in [6.45, 7) is 2.38. The van der Waals surface area contributed by atoms with E-state index in [2.05, 4.69) is 5.32 Å². The lowest BCUT2D eigenvalue weighted by Crippen LogP contribution is -1.99. The number of para-hydroxylation sites is 1. The van der Waals surface area contributed by atoms with Gasteiger partial charge in [0.05, 0.1) is 12.2 Å². The van der Waals surface area contributed by atoms with E-state index in [1.54, 1.807) is 18.2 Å². The Hall–Kier alpha value is -1.77. The fourth-order valence-electron chi connectivity index (χ4n) is 1.37. The predicted molar refractivity (Wildman–Crippen MR) is 57.2 cm³/mol. The summed E-state index contributed by atoms with van der Waals surface area (Å²) in [7, 11) is 0. The third-order valence-electron chi connectivity index (χ3n) is 2.12. The van der Waals surface area contributed by atoms with Gasteiger partial charge >= 0.3 is 0 Å². The molecule has 0 saturated carbocycles. The van der Waals surface area contributed by atoms with Gasteiger partial charge in [0.1, 0.15) is 17.3 Å². The van der Waals surface area contributed by atoms with Gasteiger partial charge in [0.15, 0.2) is 0 Å². The smallest absolute Gasteiger partial charge is 0.146 e. The highest BCUT2D eigenvalue weighted by atomic mass is 19.1. The Labute approximate surface area is 87.7 Å². The minimum atomic E-state index is -0.249. The first-order valence-corrected chi connectivity index (χ1v) is 4.79. The van der Waals surface area contributed by atoms with Crippen molar-refractivity contribution in [2.45, 2.75) is 13.5 Å². The summed E-state index contributed by atoms with van der Waals surface area (Å²) >= 11 is 0. The number of nitrogens with one attached hydrogen (secondary N) is 1. The number of anilines is 1. The maximum Gasteiger partial charge on any atom is 0.146 e. The molecule has 0 atom stereocenters. The van der Waals surface area contributed by atoms with Gasteiger partial charge in [-0.2, -0.15) is 0 Å². The molecule has 1 aromatic heterocycles. The molecular weight excluding hydrogens is 193 g/mol. The molecule has 0 radical (unpaired) electrons. The Bertz CT molecular complexity index is 450. The van der Waals surface area contributed by atoms with Crippen molar-refractivity contribution < 1.29 is 8.81 Å². The average Bonchev–Trinajstić information content (AvgIpc) is 2.63. The van der Waals surface area contributed by atoms with Crippen LogP contribution in [0.5, 0.6) is 0 Å². The summed E-state index contributed by atoms with van der Waals surface area (Å²) in [5.74, 6) is 1.41. The van der Waals surface area contributed by atoms with E-state index in [0.717, 1.165) is 11.5 Å². The molecule has 15 heavy (non-hydrogen) atoms. The Morgan fingerprint density at radius 3 is 2.67 bits per heavy atom. The molecule has 0 aliphatic carbocycles. The van der Waals surface area contributed by atoms with Crippen LogP contribution < -0.4 is 5.32 Å². The molecule has 0 spiro atoms. The number of benzene rings is 1. The van der Waals surface area contributed by atoms with Gasteiger partial charge < -0.3 is 9.73 Å². The normalized spacial score (nSPS) is 10.3. The molecule has 0 saturated heterocycles. The van der Waals surface area contributed by atoms with Gasteiger partial charge in [-0.05, 0) is 31.2 Å². The van der Waals surface area contributed by atoms with Gasteiger partial charge in [-0.1, -0.05) is 12.1 Å². The topological polar surface area (TPSA) is 25.2 Å². The molecule has 1 N–H and O–H groups in total. The first-order chi connectivity index (χ1) is 7.25. The minimum Gasteiger partial charge on any atom is -0.465 e. The molecule has 1 aromatic carbocycles. The number of furan rings is 1. The van der Waals surface area contributed by atoms with E-state index in [4.69, 9.17) is 4.42 Å². The second-order valence-electron chi connectivity index (χ2n) is 3.35. The van der Waals surface area contributed by atoms with Crippen molar-refractivity contribution in [1.82, 2.24) is 0 Å². The molecule has 3 heteroatoms. The van der Waals surface area contributed by atoms with Crippen LogP contribution in [0.4, 0.5) is 10.1 Å². The van der Waals surface area contributed by atoms with Crippen molar-refractivity contribution in [3.05, 3.63) is 53.7 Å². The fraction of sp³-hybridized carbons (Fsp3) is 0.167. The average molecular weight is 205 g/mol. The van der Waals surface area contributed by atoms with E-state index >= 15 is 0 Å². The Morgan fingerprint density at radius 1 is 1.20 bits per heavy atom. The first kappa shape index (κ1) is 9.77. The molecule has 0 unspecified atom stereocenters. The lowest BCUT2D eigenvalue weighted by atomic mass is 10.3. The molecule has 0 aliphatic rings. The lowest BCUT2D eigenvalue weighted by molar-refractivity contribution is 0.490. The largest absolute Gasteiger partial charge is 0.465 e. The van der Waals surface area contributed by atoms with Crippen LogP contribution in [-0.4, -0.2) is 0 Å². The van der Waals surface area contributed by atoms with E-state index in [0.29, 0.717) is 12.2 Å². The molecular formula is C12H12FNO. The van der Waals surface area contributed by atoms with Crippen molar-refractivity contribution in [2.24, 2.45) is 0 Å². The van der Waals surface area contributed by atoms with Gasteiger partial charge in [-0.15, -0.1) is 0 Å². The lowest BCUT2D eigenvalue weighted by Gasteiger charge is -2.04. The van der Waals surface area contributed by atoms with Crippen LogP contribution in [-0.2, 0) is 6.54 Å². The van der Waals surface area contributed by atoms with Crippen LogP contribution in [0.2, 0.25) is 0 Å². The summed E-state index contributed by atoms with van der Waals surface area (Å²) in [6, 6.07) is 10.3. The fourth-order valence-corrected chi connectivity index (χ4v) is 1.37. The molecule has 0 amide bonds. The molecule has 0 aliphatic heterocycles. The number of aryl methyl sites for hydroxylation is 1. The predicted octanol–water partition coefficient (Wildman–Crippen LogP) is 3.34. The Kier molecular flexibility index (Phi) is 2.72. The quantitative estimate of drug-likeness (QED) is 0.831. The van der Waals surface area contributed by atoms with Crippen LogP contribution in [0.3, 0.4) is 0 Å². The van der Waals surface area contributed by atoms with Crippen molar-refractivity contribution in [3.63, 3.8) is 0 Å². The van der Waals surface area contributed by atoms with Crippen LogP contribution >= 0.6 is 0 Å². The summed E-state index contributed by atoms with van der Waals surface area (Å²) in [6.07, 6.45) is 0. The highest BCUT2D eigenvalue weighted by Gasteiger charge is 2.01. The zero-order valence-electron chi connectivity index (χ0n) is 8.46. The zero-order chi connectivity index (χ0) is 10.7. The number of hydrogen-bond acceptors (Lipinski definition) is 2. The summed E-state index contributed by atoms with van der Waals surface area (Å²) in [4.78, 5) is 0. The molecule has 78 valence electrons. The van der Waals surface area contributed by atoms with Crippen molar-refractivity contribution in [3.8, 4) is 0 Å². The summed E-state index contributed by atoms with van der Waals surface area (Å²) in [5, 5.41) is 2.97. The van der Waals surface area contributed by atoms with E-state index in [9.17, 15) is 4.39 Å². The monoisotopic (exact) mass is 205 g/mol. The van der Waals surface area contributed by atoms with Crippen LogP contribution in [0, 0.1) is 12.7 Å². The van der Waals surface area contributed by atoms with Gasteiger partial charge in [-0.25, -0.2) is 4.39 Å². The molecule has 2 nitrogen and oxygen atoms in total. The van der Waals surface area contributed by atoms with Gasteiger partial charge in [0, 0.05) is 0 Å². The molecule has 2 rings (SSSR count). The van der Waals surface area contributed by atoms with Gasteiger partial charge in [0.25, 0.3) is 0 Å². The van der Waals surface area contributed by atoms with Crippen molar-refractivity contribution in [1.29, 1.82) is 0 Å². The van der Waals surface area contributed by atoms with E-state index in [-0.39, 0.29) is 5.82 Å². The molecule has 1 heterocycles. The second-order valence-corrected chi connectivity index (χ2v) is 3.35. The van der Waals surface area contributed by atoms with Gasteiger partial charge in [-0.3, -0.25) is 0 Å². The minimum absolute atomic E-state index is 0.249. The van der Waals surface area contributed by atoms with Crippen LogP contribution in [0.1, 0.15) is 11.5 Å². The third-order valence-corrected chi connectivity index (χ3v) is 2.12. The standard InChI is InChI=1S/C12H12FNO/c1-9-6-7-10(15-9)8-14-12-5-3-2-4-11(12)13/h2-7,14H,8H2,1H3. The maximum absolute atomic E-state index is 13.2. The highest BCUT2D eigenvalue weighted by molar-refractivity contribution is 5.44. The molecule has 0 bridgehead atoms. The Balaban J connectivity index is 2.02. The first-order valence-electron chi connectivity index (χ1n) is 4.79. The van der Waals surface area contributed by atoms with Crippen molar-refractivity contribution in [2.75, 3.05) is 5.32 Å². The number of rotatable bonds is 3. The second kappa shape index (κ2) is 4.17. The molecule has 2 aromatic rings. The third kappa shape index (κ3) is 2.37. The van der Waals surface area contributed by atoms with Crippen LogP contribution in [0.25, 0.3) is 0 Å². The van der Waals surface area contributed by atoms with Crippen LogP contribution in [0.15, 0.2) is 40.8 Å². The SMILES string of the molecule is Cc1ccc(CNc2ccccc2F)o1. The van der Waals surface area contributed by atoms with E-state index in [1.807, 2.05) is 19.1 Å².